The molecule has 134 valence electrons. The van der Waals surface area contributed by atoms with E-state index < -0.39 is 24.1 Å². The van der Waals surface area contributed by atoms with Gasteiger partial charge in [-0.1, -0.05) is 6.92 Å². The number of hydrazine groups is 1. The van der Waals surface area contributed by atoms with Gasteiger partial charge >= 0.3 is 17.9 Å². The number of nitrogens with zero attached hydrogens (tertiary/aromatic N) is 1. The lowest BCUT2D eigenvalue weighted by molar-refractivity contribution is -0.150. The Morgan fingerprint density at radius 1 is 1.04 bits per heavy atom. The van der Waals surface area contributed by atoms with E-state index >= 15 is 0 Å². The number of methoxy groups -OCH3 is 1. The fraction of sp³-hybridized carbons (Fsp3) is 0.786. The number of rotatable bonds is 12. The minimum absolute atomic E-state index is 0.0285. The van der Waals surface area contributed by atoms with Gasteiger partial charge in [0.2, 0.25) is 0 Å². The topological polar surface area (TPSA) is 106 Å². The number of esters is 3. The van der Waals surface area contributed by atoms with E-state index in [-0.39, 0.29) is 26.2 Å². The van der Waals surface area contributed by atoms with E-state index in [1.165, 1.54) is 12.1 Å². The zero-order valence-corrected chi connectivity index (χ0v) is 14.2. The second-order valence-corrected chi connectivity index (χ2v) is 4.62. The van der Waals surface area contributed by atoms with Gasteiger partial charge < -0.3 is 14.2 Å². The van der Waals surface area contributed by atoms with Gasteiger partial charge in [-0.3, -0.25) is 19.7 Å². The fourth-order valence-corrected chi connectivity index (χ4v) is 1.52. The first-order chi connectivity index (χ1) is 10.9. The summed E-state index contributed by atoms with van der Waals surface area (Å²) in [7, 11) is 1.29. The Hall–Kier alpha value is -1.71. The van der Waals surface area contributed by atoms with Crippen LogP contribution < -0.4 is 10.7 Å². The zero-order valence-electron chi connectivity index (χ0n) is 14.2. The van der Waals surface area contributed by atoms with Crippen LogP contribution in [0.25, 0.3) is 0 Å². The molecule has 1 atom stereocenters. The zero-order chi connectivity index (χ0) is 17.7. The Morgan fingerprint density at radius 2 is 1.74 bits per heavy atom. The van der Waals surface area contributed by atoms with Gasteiger partial charge in [-0.2, -0.15) is 0 Å². The monoisotopic (exact) mass is 333 g/mol. The van der Waals surface area contributed by atoms with Gasteiger partial charge in [0.25, 0.3) is 0 Å². The Bertz CT molecular complexity index is 378. The second-order valence-electron chi connectivity index (χ2n) is 4.62. The number of nitrogens with one attached hydrogen (secondary N) is 2. The Kier molecular flexibility index (Phi) is 11.8. The van der Waals surface area contributed by atoms with Crippen LogP contribution >= 0.6 is 0 Å². The van der Waals surface area contributed by atoms with Crippen LogP contribution in [0.15, 0.2) is 0 Å². The molecule has 0 heterocycles. The van der Waals surface area contributed by atoms with Gasteiger partial charge in [-0.05, 0) is 20.3 Å². The molecular weight excluding hydrogens is 306 g/mol. The Labute approximate surface area is 136 Å². The molecule has 0 aliphatic heterocycles. The second kappa shape index (κ2) is 12.8. The molecule has 0 saturated heterocycles. The third-order valence-corrected chi connectivity index (χ3v) is 2.74. The summed E-state index contributed by atoms with van der Waals surface area (Å²) in [4.78, 5) is 34.3. The highest BCUT2D eigenvalue weighted by Gasteiger charge is 2.19. The summed E-state index contributed by atoms with van der Waals surface area (Å²) in [5, 5.41) is 4.35. The van der Waals surface area contributed by atoms with Crippen molar-refractivity contribution in [2.45, 2.75) is 33.4 Å². The highest BCUT2D eigenvalue weighted by atomic mass is 16.5. The maximum atomic E-state index is 11.7. The summed E-state index contributed by atoms with van der Waals surface area (Å²) in [6, 6.07) is 0. The molecule has 0 amide bonds. The lowest BCUT2D eigenvalue weighted by Gasteiger charge is -2.28. The first kappa shape index (κ1) is 21.3. The first-order valence-corrected chi connectivity index (χ1v) is 7.56. The van der Waals surface area contributed by atoms with Crippen LogP contribution in [0.2, 0.25) is 0 Å². The molecule has 0 rings (SSSR count). The van der Waals surface area contributed by atoms with E-state index in [9.17, 15) is 14.4 Å². The number of hydrogen-bond acceptors (Lipinski definition) is 9. The summed E-state index contributed by atoms with van der Waals surface area (Å²) in [5.74, 6) is -1.31. The lowest BCUT2D eigenvalue weighted by atomic mass is 10.4. The van der Waals surface area contributed by atoms with E-state index in [4.69, 9.17) is 9.47 Å². The van der Waals surface area contributed by atoms with Gasteiger partial charge in [-0.15, -0.1) is 0 Å². The van der Waals surface area contributed by atoms with Crippen LogP contribution in [0, 0.1) is 0 Å². The third kappa shape index (κ3) is 10.6. The van der Waals surface area contributed by atoms with Crippen molar-refractivity contribution in [3.05, 3.63) is 0 Å². The van der Waals surface area contributed by atoms with Crippen molar-refractivity contribution >= 4 is 17.9 Å². The SMILES string of the molecule is CCCOC(=O)CN(NCC(=O)OCC)C(C)NCC(=O)OC. The van der Waals surface area contributed by atoms with Crippen molar-refractivity contribution in [2.24, 2.45) is 0 Å². The van der Waals surface area contributed by atoms with Gasteiger partial charge in [0, 0.05) is 0 Å². The average Bonchev–Trinajstić information content (AvgIpc) is 2.54. The van der Waals surface area contributed by atoms with Crippen molar-refractivity contribution in [3.8, 4) is 0 Å². The van der Waals surface area contributed by atoms with Crippen LogP contribution in [0.5, 0.6) is 0 Å². The minimum Gasteiger partial charge on any atom is -0.468 e. The Balaban J connectivity index is 4.53. The van der Waals surface area contributed by atoms with Gasteiger partial charge in [0.05, 0.1) is 33.0 Å². The molecule has 0 bridgehead atoms. The summed E-state index contributed by atoms with van der Waals surface area (Å²) >= 11 is 0. The van der Waals surface area contributed by atoms with Crippen LogP contribution in [-0.4, -0.2) is 69.0 Å². The van der Waals surface area contributed by atoms with Crippen molar-refractivity contribution in [2.75, 3.05) is 40.0 Å². The van der Waals surface area contributed by atoms with E-state index in [0.717, 1.165) is 6.42 Å². The predicted molar refractivity (Wildman–Crippen MR) is 82.1 cm³/mol. The van der Waals surface area contributed by atoms with E-state index in [2.05, 4.69) is 15.5 Å². The maximum absolute atomic E-state index is 11.7. The molecule has 23 heavy (non-hydrogen) atoms. The van der Waals surface area contributed by atoms with E-state index in [1.54, 1.807) is 13.8 Å². The molecule has 0 aromatic rings. The van der Waals surface area contributed by atoms with Crippen molar-refractivity contribution < 1.29 is 28.6 Å². The molecule has 9 heteroatoms. The molecule has 0 aliphatic carbocycles. The van der Waals surface area contributed by atoms with Crippen LogP contribution in [0.1, 0.15) is 27.2 Å². The predicted octanol–water partition coefficient (Wildman–Crippen LogP) is -0.582. The van der Waals surface area contributed by atoms with Crippen LogP contribution in [0.4, 0.5) is 0 Å². The average molecular weight is 333 g/mol. The minimum atomic E-state index is -0.445. The molecule has 0 saturated carbocycles. The molecule has 0 spiro atoms. The molecule has 2 N–H and O–H groups in total. The lowest BCUT2D eigenvalue weighted by Crippen LogP contribution is -2.55. The molecule has 0 aliphatic rings. The van der Waals surface area contributed by atoms with Gasteiger partial charge in [-0.25, -0.2) is 10.4 Å². The van der Waals surface area contributed by atoms with Crippen LogP contribution in [0.3, 0.4) is 0 Å². The number of ether oxygens (including phenoxy) is 3. The maximum Gasteiger partial charge on any atom is 0.321 e. The van der Waals surface area contributed by atoms with E-state index in [0.29, 0.717) is 6.61 Å². The Morgan fingerprint density at radius 3 is 2.30 bits per heavy atom. The standard InChI is InChI=1S/C14H27N3O6/c1-5-7-23-14(20)10-17(16-9-13(19)22-6-2)11(3)15-8-12(18)21-4/h11,15-16H,5-10H2,1-4H3. The summed E-state index contributed by atoms with van der Waals surface area (Å²) in [5.41, 5.74) is 2.80. The fourth-order valence-electron chi connectivity index (χ4n) is 1.52. The largest absolute Gasteiger partial charge is 0.468 e. The van der Waals surface area contributed by atoms with Crippen LogP contribution in [-0.2, 0) is 28.6 Å². The molecule has 0 radical (unpaired) electrons. The molecular formula is C14H27N3O6. The highest BCUT2D eigenvalue weighted by molar-refractivity contribution is 5.73. The third-order valence-electron chi connectivity index (χ3n) is 2.74. The van der Waals surface area contributed by atoms with Crippen molar-refractivity contribution in [3.63, 3.8) is 0 Å². The summed E-state index contributed by atoms with van der Waals surface area (Å²) in [6.07, 6.45) is 0.302. The van der Waals surface area contributed by atoms with Gasteiger partial charge in [0.1, 0.15) is 13.1 Å². The number of carbonyl (C=O) groups excluding carboxylic acids is 3. The number of carbonyl (C=O) groups is 3. The summed E-state index contributed by atoms with van der Waals surface area (Å²) in [6.45, 7) is 5.72. The van der Waals surface area contributed by atoms with Crippen molar-refractivity contribution in [1.29, 1.82) is 0 Å². The smallest absolute Gasteiger partial charge is 0.321 e. The van der Waals surface area contributed by atoms with Crippen molar-refractivity contribution in [1.82, 2.24) is 15.8 Å². The highest BCUT2D eigenvalue weighted by Crippen LogP contribution is 1.95. The quantitative estimate of drug-likeness (QED) is 0.210. The first-order valence-electron chi connectivity index (χ1n) is 7.56. The molecule has 9 nitrogen and oxygen atoms in total. The molecule has 0 aromatic carbocycles. The molecule has 0 aromatic heterocycles. The molecule has 1 unspecified atom stereocenters. The molecule has 0 fully saturated rings. The van der Waals surface area contributed by atoms with E-state index in [1.807, 2.05) is 6.92 Å². The van der Waals surface area contributed by atoms with Gasteiger partial charge in [0.15, 0.2) is 0 Å². The normalized spacial score (nSPS) is 11.9. The summed E-state index contributed by atoms with van der Waals surface area (Å²) < 4.78 is 14.4. The number of hydrogen-bond donors (Lipinski definition) is 2.